The predicted octanol–water partition coefficient (Wildman–Crippen LogP) is 4.68. The van der Waals surface area contributed by atoms with Gasteiger partial charge >= 0.3 is 6.18 Å². The number of carbonyl (C=O) groups excluding carboxylic acids is 2. The van der Waals surface area contributed by atoms with Crippen LogP contribution in [0.4, 0.5) is 24.5 Å². The molecule has 1 unspecified atom stereocenters. The van der Waals surface area contributed by atoms with Gasteiger partial charge in [-0.15, -0.1) is 0 Å². The largest absolute Gasteiger partial charge is 0.426 e. The Morgan fingerprint density at radius 1 is 0.886 bits per heavy atom. The standard InChI is InChI=1S/C23H18ClF3N2O5S/c1-22(32,23(25,26)27)21(31)29-19-12-11-17(13-18(19)24)35(33,34)16-9-7-14(8-10-16)20(30)28-15-5-3-2-4-6-15/h2-13,32H,1H3,(H,28,30)(H,29,31). The van der Waals surface area contributed by atoms with Crippen LogP contribution in [0, 0.1) is 0 Å². The molecule has 3 rings (SSSR count). The van der Waals surface area contributed by atoms with E-state index >= 15 is 0 Å². The SMILES string of the molecule is CC(O)(C(=O)Nc1ccc(S(=O)(=O)c2ccc(C(=O)Nc3ccccc3)cc2)cc1Cl)C(F)(F)F. The molecule has 3 aromatic carbocycles. The summed E-state index contributed by atoms with van der Waals surface area (Å²) in [5.41, 5.74) is -3.24. The van der Waals surface area contributed by atoms with E-state index in [0.29, 0.717) is 5.69 Å². The van der Waals surface area contributed by atoms with Gasteiger partial charge < -0.3 is 15.7 Å². The van der Waals surface area contributed by atoms with Crippen molar-refractivity contribution >= 4 is 44.6 Å². The Bertz CT molecular complexity index is 1360. The molecule has 0 fully saturated rings. The Morgan fingerprint density at radius 2 is 1.46 bits per heavy atom. The Morgan fingerprint density at radius 3 is 2.00 bits per heavy atom. The number of halogens is 4. The number of amides is 2. The maximum atomic E-state index is 12.9. The molecule has 2 amide bonds. The zero-order chi connectivity index (χ0) is 26.0. The van der Waals surface area contributed by atoms with Gasteiger partial charge in [0.1, 0.15) is 0 Å². The second kappa shape index (κ2) is 9.68. The van der Waals surface area contributed by atoms with Crippen molar-refractivity contribution < 1.29 is 36.3 Å². The number of hydrogen-bond acceptors (Lipinski definition) is 5. The number of aliphatic hydroxyl groups is 1. The van der Waals surface area contributed by atoms with Crippen LogP contribution in [0.15, 0.2) is 82.6 Å². The molecule has 0 aliphatic heterocycles. The van der Waals surface area contributed by atoms with E-state index in [-0.39, 0.29) is 33.0 Å². The van der Waals surface area contributed by atoms with Crippen molar-refractivity contribution in [2.45, 2.75) is 28.5 Å². The van der Waals surface area contributed by atoms with E-state index in [0.717, 1.165) is 18.2 Å². The highest BCUT2D eigenvalue weighted by Gasteiger charge is 2.55. The molecule has 184 valence electrons. The van der Waals surface area contributed by atoms with E-state index in [1.54, 1.807) is 30.3 Å². The van der Waals surface area contributed by atoms with Gasteiger partial charge in [-0.3, -0.25) is 9.59 Å². The fourth-order valence-electron chi connectivity index (χ4n) is 2.78. The normalized spacial score (nSPS) is 13.5. The summed E-state index contributed by atoms with van der Waals surface area (Å²) >= 11 is 5.98. The van der Waals surface area contributed by atoms with Gasteiger partial charge in [0, 0.05) is 11.3 Å². The summed E-state index contributed by atoms with van der Waals surface area (Å²) < 4.78 is 64.4. The number of rotatable bonds is 6. The molecule has 0 aliphatic rings. The van der Waals surface area contributed by atoms with Crippen molar-refractivity contribution in [3.63, 3.8) is 0 Å². The van der Waals surface area contributed by atoms with Crippen LogP contribution < -0.4 is 10.6 Å². The summed E-state index contributed by atoms with van der Waals surface area (Å²) in [6.45, 7) is 0.277. The van der Waals surface area contributed by atoms with Gasteiger partial charge in [-0.1, -0.05) is 29.8 Å². The van der Waals surface area contributed by atoms with Gasteiger partial charge in [-0.05, 0) is 61.5 Å². The maximum absolute atomic E-state index is 12.9. The summed E-state index contributed by atoms with van der Waals surface area (Å²) in [6, 6.07) is 16.7. The van der Waals surface area contributed by atoms with Crippen LogP contribution in [0.5, 0.6) is 0 Å². The van der Waals surface area contributed by atoms with Gasteiger partial charge in [0.05, 0.1) is 20.5 Å². The Balaban J connectivity index is 1.79. The van der Waals surface area contributed by atoms with Gasteiger partial charge in [-0.2, -0.15) is 13.2 Å². The summed E-state index contributed by atoms with van der Waals surface area (Å²) in [5.74, 6) is -2.23. The molecule has 7 nitrogen and oxygen atoms in total. The van der Waals surface area contributed by atoms with Crippen LogP contribution in [0.25, 0.3) is 0 Å². The molecule has 1 atom stereocenters. The first-order valence-electron chi connectivity index (χ1n) is 9.85. The Labute approximate surface area is 203 Å². The zero-order valence-corrected chi connectivity index (χ0v) is 19.5. The molecule has 0 saturated heterocycles. The summed E-state index contributed by atoms with van der Waals surface area (Å²) in [5, 5.41) is 13.6. The Hall–Kier alpha value is -3.41. The topological polar surface area (TPSA) is 113 Å². The first-order chi connectivity index (χ1) is 16.2. The summed E-state index contributed by atoms with van der Waals surface area (Å²) in [6.07, 6.45) is -5.24. The molecule has 3 aromatic rings. The first-order valence-corrected chi connectivity index (χ1v) is 11.7. The number of benzene rings is 3. The number of para-hydroxylation sites is 1. The molecular formula is C23H18ClF3N2O5S. The lowest BCUT2D eigenvalue weighted by Crippen LogP contribution is -2.52. The quantitative estimate of drug-likeness (QED) is 0.432. The number of anilines is 2. The van der Waals surface area contributed by atoms with Crippen molar-refractivity contribution in [2.75, 3.05) is 10.6 Å². The highest BCUT2D eigenvalue weighted by molar-refractivity contribution is 7.91. The molecule has 0 bridgehead atoms. The smallest absolute Gasteiger partial charge is 0.373 e. The lowest BCUT2D eigenvalue weighted by molar-refractivity contribution is -0.242. The van der Waals surface area contributed by atoms with Crippen LogP contribution in [0.3, 0.4) is 0 Å². The molecular weight excluding hydrogens is 509 g/mol. The van der Waals surface area contributed by atoms with Crippen LogP contribution in [0.1, 0.15) is 17.3 Å². The van der Waals surface area contributed by atoms with E-state index < -0.39 is 33.4 Å². The van der Waals surface area contributed by atoms with Crippen molar-refractivity contribution in [1.82, 2.24) is 0 Å². The first kappa shape index (κ1) is 26.2. The highest BCUT2D eigenvalue weighted by Crippen LogP contribution is 2.33. The average Bonchev–Trinajstić information content (AvgIpc) is 2.80. The van der Waals surface area contributed by atoms with Gasteiger partial charge in [0.15, 0.2) is 0 Å². The highest BCUT2D eigenvalue weighted by atomic mass is 35.5. The number of nitrogens with one attached hydrogen (secondary N) is 2. The van der Waals surface area contributed by atoms with Gasteiger partial charge in [0.25, 0.3) is 11.8 Å². The minimum absolute atomic E-state index is 0.165. The molecule has 3 N–H and O–H groups in total. The molecule has 12 heteroatoms. The molecule has 35 heavy (non-hydrogen) atoms. The Kier molecular flexibility index (Phi) is 7.25. The van der Waals surface area contributed by atoms with Crippen LogP contribution in [0.2, 0.25) is 5.02 Å². The van der Waals surface area contributed by atoms with E-state index in [1.165, 1.54) is 24.3 Å². The van der Waals surface area contributed by atoms with Gasteiger partial charge in [-0.25, -0.2) is 8.42 Å². The third-order valence-electron chi connectivity index (χ3n) is 4.95. The van der Waals surface area contributed by atoms with Crippen LogP contribution >= 0.6 is 11.6 Å². The molecule has 0 spiro atoms. The second-order valence-electron chi connectivity index (χ2n) is 7.51. The zero-order valence-electron chi connectivity index (χ0n) is 17.9. The van der Waals surface area contributed by atoms with Crippen molar-refractivity contribution in [2.24, 2.45) is 0 Å². The molecule has 0 saturated carbocycles. The van der Waals surface area contributed by atoms with E-state index in [1.807, 2.05) is 5.32 Å². The third-order valence-corrected chi connectivity index (χ3v) is 7.03. The number of alkyl halides is 3. The van der Waals surface area contributed by atoms with Gasteiger partial charge in [0.2, 0.25) is 15.4 Å². The molecule has 0 aromatic heterocycles. The van der Waals surface area contributed by atoms with Crippen molar-refractivity contribution in [1.29, 1.82) is 0 Å². The van der Waals surface area contributed by atoms with E-state index in [9.17, 15) is 36.3 Å². The van der Waals surface area contributed by atoms with E-state index in [4.69, 9.17) is 11.6 Å². The molecule has 0 radical (unpaired) electrons. The summed E-state index contributed by atoms with van der Waals surface area (Å²) in [4.78, 5) is 23.7. The monoisotopic (exact) mass is 526 g/mol. The van der Waals surface area contributed by atoms with Crippen molar-refractivity contribution in [3.05, 3.63) is 83.4 Å². The fourth-order valence-corrected chi connectivity index (χ4v) is 4.36. The predicted molar refractivity (Wildman–Crippen MR) is 123 cm³/mol. The number of sulfone groups is 1. The van der Waals surface area contributed by atoms with Crippen molar-refractivity contribution in [3.8, 4) is 0 Å². The minimum Gasteiger partial charge on any atom is -0.373 e. The molecule has 0 aliphatic carbocycles. The molecule has 0 heterocycles. The fraction of sp³-hybridized carbons (Fsp3) is 0.130. The third kappa shape index (κ3) is 5.64. The second-order valence-corrected chi connectivity index (χ2v) is 9.87. The van der Waals surface area contributed by atoms with E-state index in [2.05, 4.69) is 5.32 Å². The summed E-state index contributed by atoms with van der Waals surface area (Å²) in [7, 11) is -4.12. The number of hydrogen-bond donors (Lipinski definition) is 3. The number of carbonyl (C=O) groups is 2. The lowest BCUT2D eigenvalue weighted by atomic mass is 10.1. The maximum Gasteiger partial charge on any atom is 0.426 e. The van der Waals surface area contributed by atoms with Crippen LogP contribution in [-0.4, -0.2) is 37.1 Å². The minimum atomic E-state index is -5.24. The lowest BCUT2D eigenvalue weighted by Gasteiger charge is -2.25. The van der Waals surface area contributed by atoms with Crippen LogP contribution in [-0.2, 0) is 14.6 Å². The average molecular weight is 527 g/mol.